The van der Waals surface area contributed by atoms with Crippen LogP contribution in [0.1, 0.15) is 25.7 Å². The third kappa shape index (κ3) is 2.96. The maximum absolute atomic E-state index is 12.5. The molecule has 0 saturated carbocycles. The number of likely N-dealkylation sites (tertiary alicyclic amines) is 1. The average Bonchev–Trinajstić information content (AvgIpc) is 2.52. The number of nitrogens with two attached hydrogens (primary N) is 1. The van der Waals surface area contributed by atoms with Crippen LogP contribution >= 0.6 is 0 Å². The first-order chi connectivity index (χ1) is 10.3. The fourth-order valence-corrected chi connectivity index (χ4v) is 3.05. The Hall–Kier alpha value is -1.79. The predicted octanol–water partition coefficient (Wildman–Crippen LogP) is 0.952. The predicted molar refractivity (Wildman–Crippen MR) is 81.8 cm³/mol. The van der Waals surface area contributed by atoms with E-state index in [9.17, 15) is 4.79 Å². The Balaban J connectivity index is 1.87. The number of nitrogens with zero attached hydrogens (tertiary/aromatic N) is 4. The lowest BCUT2D eigenvalue weighted by Crippen LogP contribution is -2.44. The Bertz CT molecular complexity index is 666. The molecule has 1 aliphatic rings. The van der Waals surface area contributed by atoms with E-state index in [-0.39, 0.29) is 5.56 Å². The van der Waals surface area contributed by atoms with Crippen molar-refractivity contribution in [2.75, 3.05) is 13.1 Å². The fraction of sp³-hybridized carbons (Fsp3) is 0.533. The molecule has 2 aromatic rings. The van der Waals surface area contributed by atoms with Gasteiger partial charge < -0.3 is 5.73 Å². The van der Waals surface area contributed by atoms with Crippen LogP contribution in [-0.4, -0.2) is 39.0 Å². The van der Waals surface area contributed by atoms with Crippen LogP contribution < -0.4 is 11.3 Å². The van der Waals surface area contributed by atoms with E-state index < -0.39 is 0 Å². The van der Waals surface area contributed by atoms with Gasteiger partial charge in [0.2, 0.25) is 0 Å². The lowest BCUT2D eigenvalue weighted by Gasteiger charge is -2.35. The normalized spacial score (nSPS) is 20.0. The van der Waals surface area contributed by atoms with E-state index in [2.05, 4.69) is 15.2 Å². The number of fused-ring (bicyclic) bond motifs is 1. The topological polar surface area (TPSA) is 77.0 Å². The molecule has 3 rings (SSSR count). The van der Waals surface area contributed by atoms with Gasteiger partial charge in [0.1, 0.15) is 5.52 Å². The molecule has 1 atom stereocenters. The van der Waals surface area contributed by atoms with E-state index in [0.29, 0.717) is 30.2 Å². The first kappa shape index (κ1) is 14.2. The van der Waals surface area contributed by atoms with E-state index in [1.165, 1.54) is 11.1 Å². The monoisotopic (exact) mass is 287 g/mol. The summed E-state index contributed by atoms with van der Waals surface area (Å²) in [6.45, 7) is 2.17. The van der Waals surface area contributed by atoms with Crippen LogP contribution in [0.4, 0.5) is 0 Å². The minimum atomic E-state index is -0.0716. The van der Waals surface area contributed by atoms with Gasteiger partial charge in [-0.25, -0.2) is 0 Å². The van der Waals surface area contributed by atoms with Gasteiger partial charge in [-0.1, -0.05) is 23.8 Å². The lowest BCUT2D eigenvalue weighted by atomic mass is 10.00. The third-order valence-corrected chi connectivity index (χ3v) is 4.19. The Morgan fingerprint density at radius 3 is 3.00 bits per heavy atom. The Morgan fingerprint density at radius 2 is 2.14 bits per heavy atom. The molecule has 1 fully saturated rings. The van der Waals surface area contributed by atoms with Gasteiger partial charge in [-0.3, -0.25) is 9.69 Å². The van der Waals surface area contributed by atoms with Crippen LogP contribution in [0.5, 0.6) is 0 Å². The van der Waals surface area contributed by atoms with Gasteiger partial charge >= 0.3 is 0 Å². The van der Waals surface area contributed by atoms with Crippen molar-refractivity contribution in [2.45, 2.75) is 38.4 Å². The minimum absolute atomic E-state index is 0.0716. The Morgan fingerprint density at radius 1 is 1.29 bits per heavy atom. The van der Waals surface area contributed by atoms with Crippen LogP contribution in [0.15, 0.2) is 29.1 Å². The highest BCUT2D eigenvalue weighted by Gasteiger charge is 2.22. The van der Waals surface area contributed by atoms with Gasteiger partial charge in [-0.15, -0.1) is 5.10 Å². The van der Waals surface area contributed by atoms with Crippen LogP contribution in [0.25, 0.3) is 10.9 Å². The van der Waals surface area contributed by atoms with Gasteiger partial charge in [0, 0.05) is 12.6 Å². The number of rotatable bonds is 4. The molecule has 0 spiro atoms. The van der Waals surface area contributed by atoms with Crippen LogP contribution in [0.3, 0.4) is 0 Å². The number of hydrogen-bond donors (Lipinski definition) is 1. The van der Waals surface area contributed by atoms with Crippen molar-refractivity contribution in [3.05, 3.63) is 34.6 Å². The second kappa shape index (κ2) is 6.32. The van der Waals surface area contributed by atoms with Gasteiger partial charge in [-0.2, -0.15) is 4.68 Å². The second-order valence-corrected chi connectivity index (χ2v) is 5.59. The van der Waals surface area contributed by atoms with Crippen molar-refractivity contribution in [2.24, 2.45) is 5.73 Å². The molecule has 2 N–H and O–H groups in total. The van der Waals surface area contributed by atoms with Crippen molar-refractivity contribution in [3.63, 3.8) is 0 Å². The van der Waals surface area contributed by atoms with E-state index in [1.807, 2.05) is 18.2 Å². The minimum Gasteiger partial charge on any atom is -0.330 e. The summed E-state index contributed by atoms with van der Waals surface area (Å²) in [6.07, 6.45) is 4.51. The van der Waals surface area contributed by atoms with Crippen molar-refractivity contribution in [3.8, 4) is 0 Å². The molecule has 0 aliphatic carbocycles. The summed E-state index contributed by atoms with van der Waals surface area (Å²) in [6, 6.07) is 7.78. The molecule has 112 valence electrons. The van der Waals surface area contributed by atoms with Crippen molar-refractivity contribution < 1.29 is 0 Å². The van der Waals surface area contributed by atoms with Crippen molar-refractivity contribution in [1.29, 1.82) is 0 Å². The summed E-state index contributed by atoms with van der Waals surface area (Å²) in [5.41, 5.74) is 6.27. The number of aromatic nitrogens is 3. The molecule has 6 heteroatoms. The molecule has 1 aliphatic heterocycles. The van der Waals surface area contributed by atoms with Gasteiger partial charge in [-0.05, 0) is 37.9 Å². The first-order valence-corrected chi connectivity index (χ1v) is 7.56. The van der Waals surface area contributed by atoms with Crippen LogP contribution in [0, 0.1) is 0 Å². The van der Waals surface area contributed by atoms with Gasteiger partial charge in [0.25, 0.3) is 5.56 Å². The number of piperidine rings is 1. The molecule has 1 unspecified atom stereocenters. The summed E-state index contributed by atoms with van der Waals surface area (Å²) in [7, 11) is 0. The SMILES string of the molecule is NCCC1CCCCN1Cn1nnc2ccccc2c1=O. The van der Waals surface area contributed by atoms with Gasteiger partial charge in [0.05, 0.1) is 12.1 Å². The molecule has 0 amide bonds. The molecule has 1 aromatic carbocycles. The standard InChI is InChI=1S/C15H21N5O/c16-9-8-12-5-3-4-10-19(12)11-20-15(21)13-6-1-2-7-14(13)17-18-20/h1-2,6-7,12H,3-5,8-11,16H2. The zero-order valence-corrected chi connectivity index (χ0v) is 12.1. The molecule has 0 bridgehead atoms. The zero-order valence-electron chi connectivity index (χ0n) is 12.1. The van der Waals surface area contributed by atoms with E-state index in [0.717, 1.165) is 25.8 Å². The highest BCUT2D eigenvalue weighted by molar-refractivity contribution is 5.76. The molecule has 2 heterocycles. The average molecular weight is 287 g/mol. The summed E-state index contributed by atoms with van der Waals surface area (Å²) >= 11 is 0. The number of hydrogen-bond acceptors (Lipinski definition) is 5. The van der Waals surface area contributed by atoms with Crippen molar-refractivity contribution >= 4 is 10.9 Å². The lowest BCUT2D eigenvalue weighted by molar-refractivity contribution is 0.0959. The van der Waals surface area contributed by atoms with Crippen LogP contribution in [-0.2, 0) is 6.67 Å². The summed E-state index contributed by atoms with van der Waals surface area (Å²) < 4.78 is 1.47. The maximum Gasteiger partial charge on any atom is 0.278 e. The highest BCUT2D eigenvalue weighted by Crippen LogP contribution is 2.19. The molecular weight excluding hydrogens is 266 g/mol. The third-order valence-electron chi connectivity index (χ3n) is 4.19. The molecule has 21 heavy (non-hydrogen) atoms. The quantitative estimate of drug-likeness (QED) is 0.906. The zero-order chi connectivity index (χ0) is 14.7. The summed E-state index contributed by atoms with van der Waals surface area (Å²) in [4.78, 5) is 14.8. The maximum atomic E-state index is 12.5. The largest absolute Gasteiger partial charge is 0.330 e. The van der Waals surface area contributed by atoms with Gasteiger partial charge in [0.15, 0.2) is 0 Å². The molecule has 0 radical (unpaired) electrons. The van der Waals surface area contributed by atoms with E-state index in [4.69, 9.17) is 5.73 Å². The molecule has 6 nitrogen and oxygen atoms in total. The number of benzene rings is 1. The summed E-state index contributed by atoms with van der Waals surface area (Å²) in [5.74, 6) is 0. The van der Waals surface area contributed by atoms with E-state index >= 15 is 0 Å². The molecular formula is C15H21N5O. The summed E-state index contributed by atoms with van der Waals surface area (Å²) in [5, 5.41) is 8.84. The smallest absolute Gasteiger partial charge is 0.278 e. The van der Waals surface area contributed by atoms with E-state index in [1.54, 1.807) is 6.07 Å². The Labute approximate surface area is 123 Å². The molecule has 1 saturated heterocycles. The second-order valence-electron chi connectivity index (χ2n) is 5.59. The van der Waals surface area contributed by atoms with Crippen LogP contribution in [0.2, 0.25) is 0 Å². The first-order valence-electron chi connectivity index (χ1n) is 7.56. The Kier molecular flexibility index (Phi) is 4.26. The molecule has 1 aromatic heterocycles. The highest BCUT2D eigenvalue weighted by atomic mass is 16.1. The fourth-order valence-electron chi connectivity index (χ4n) is 3.05. The van der Waals surface area contributed by atoms with Crippen molar-refractivity contribution in [1.82, 2.24) is 19.9 Å².